The van der Waals surface area contributed by atoms with E-state index >= 15 is 0 Å². The molecule has 0 spiro atoms. The monoisotopic (exact) mass is 1110 g/mol. The van der Waals surface area contributed by atoms with Gasteiger partial charge in [-0.3, -0.25) is 14.4 Å². The predicted molar refractivity (Wildman–Crippen MR) is 344 cm³/mol. The number of carbonyl (C=O) groups excluding carboxylic acids is 3. The maximum Gasteiger partial charge on any atom is 0.306 e. The maximum absolute atomic E-state index is 12.9. The minimum absolute atomic E-state index is 0.0678. The van der Waals surface area contributed by atoms with E-state index < -0.39 is 6.10 Å². The molecule has 0 fully saturated rings. The third kappa shape index (κ3) is 65.8. The fourth-order valence-corrected chi connectivity index (χ4v) is 10.4. The summed E-state index contributed by atoms with van der Waals surface area (Å²) in [6.07, 6.45) is 87.2. The van der Waals surface area contributed by atoms with Crippen LogP contribution in [-0.2, 0) is 28.6 Å². The van der Waals surface area contributed by atoms with Crippen LogP contribution in [0.4, 0.5) is 0 Å². The van der Waals surface area contributed by atoms with Crippen LogP contribution in [0.3, 0.4) is 0 Å². The van der Waals surface area contributed by atoms with Crippen molar-refractivity contribution in [2.75, 3.05) is 13.2 Å². The summed E-state index contributed by atoms with van der Waals surface area (Å²) in [5.74, 6) is -0.853. The Morgan fingerprint density at radius 2 is 0.494 bits per heavy atom. The highest BCUT2D eigenvalue weighted by atomic mass is 16.6. The minimum atomic E-state index is -0.767. The van der Waals surface area contributed by atoms with Gasteiger partial charge in [-0.25, -0.2) is 0 Å². The molecule has 460 valence electrons. The number of carbonyl (C=O) groups is 3. The van der Waals surface area contributed by atoms with Gasteiger partial charge in [-0.2, -0.15) is 0 Å². The highest BCUT2D eigenvalue weighted by molar-refractivity contribution is 5.71. The van der Waals surface area contributed by atoms with Gasteiger partial charge in [0.2, 0.25) is 0 Å². The molecule has 0 aromatic heterocycles. The molecule has 0 aliphatic rings. The number of ether oxygens (including phenoxy) is 3. The Balaban J connectivity index is 3.96. The summed E-state index contributed by atoms with van der Waals surface area (Å²) in [6, 6.07) is 0. The first-order valence-corrected chi connectivity index (χ1v) is 34.8. The topological polar surface area (TPSA) is 78.9 Å². The van der Waals surface area contributed by atoms with Gasteiger partial charge in [-0.1, -0.05) is 345 Å². The van der Waals surface area contributed by atoms with Crippen molar-refractivity contribution < 1.29 is 28.6 Å². The SMILES string of the molecule is CC/C=C\C/C=C\C/C=C\C/C=C\C/C=C\CCCCCCCCCCCCCCCCCCCC(=O)OCC(COC(=O)CCCCCCCC)OC(=O)CCCCCCCCCCCCCCCCCCCCCCCC. The van der Waals surface area contributed by atoms with Crippen molar-refractivity contribution in [3.8, 4) is 0 Å². The zero-order valence-electron chi connectivity index (χ0n) is 52.9. The molecule has 0 N–H and O–H groups in total. The smallest absolute Gasteiger partial charge is 0.306 e. The summed E-state index contributed by atoms with van der Waals surface area (Å²) in [7, 11) is 0. The Labute approximate surface area is 491 Å². The van der Waals surface area contributed by atoms with Gasteiger partial charge in [0, 0.05) is 19.3 Å². The van der Waals surface area contributed by atoms with Crippen LogP contribution in [0, 0.1) is 0 Å². The summed E-state index contributed by atoms with van der Waals surface area (Å²) in [6.45, 7) is 6.53. The van der Waals surface area contributed by atoms with Crippen LogP contribution >= 0.6 is 0 Å². The van der Waals surface area contributed by atoms with Crippen LogP contribution in [0.2, 0.25) is 0 Å². The normalized spacial score (nSPS) is 12.4. The summed E-state index contributed by atoms with van der Waals surface area (Å²) in [5, 5.41) is 0. The van der Waals surface area contributed by atoms with Gasteiger partial charge in [0.25, 0.3) is 0 Å². The van der Waals surface area contributed by atoms with E-state index in [0.29, 0.717) is 19.3 Å². The lowest BCUT2D eigenvalue weighted by Crippen LogP contribution is -2.30. The molecule has 0 bridgehead atoms. The second kappa shape index (κ2) is 67.6. The number of unbranched alkanes of at least 4 members (excludes halogenated alkanes) is 43. The summed E-state index contributed by atoms with van der Waals surface area (Å²) in [5.41, 5.74) is 0. The van der Waals surface area contributed by atoms with E-state index in [0.717, 1.165) is 89.9 Å². The molecule has 0 rings (SSSR count). The Bertz CT molecular complexity index is 1410. The van der Waals surface area contributed by atoms with E-state index in [1.54, 1.807) is 0 Å². The quantitative estimate of drug-likeness (QED) is 0.0261. The van der Waals surface area contributed by atoms with Crippen molar-refractivity contribution in [1.29, 1.82) is 0 Å². The predicted octanol–water partition coefficient (Wildman–Crippen LogP) is 23.9. The number of rotatable bonds is 64. The molecule has 0 aromatic carbocycles. The molecule has 0 aromatic rings. The van der Waals surface area contributed by atoms with E-state index in [-0.39, 0.29) is 31.1 Å². The molecule has 1 atom stereocenters. The van der Waals surface area contributed by atoms with Crippen molar-refractivity contribution in [1.82, 2.24) is 0 Å². The molecule has 0 aliphatic heterocycles. The highest BCUT2D eigenvalue weighted by Gasteiger charge is 2.19. The lowest BCUT2D eigenvalue weighted by Gasteiger charge is -2.18. The first kappa shape index (κ1) is 76.1. The zero-order valence-corrected chi connectivity index (χ0v) is 52.9. The van der Waals surface area contributed by atoms with Gasteiger partial charge in [-0.15, -0.1) is 0 Å². The fraction of sp³-hybridized carbons (Fsp3) is 0.822. The molecule has 6 heteroatoms. The molecule has 0 radical (unpaired) electrons. The van der Waals surface area contributed by atoms with Gasteiger partial charge >= 0.3 is 17.9 Å². The maximum atomic E-state index is 12.9. The molecular formula is C73H132O6. The summed E-state index contributed by atoms with van der Waals surface area (Å²) < 4.78 is 16.9. The Morgan fingerprint density at radius 3 is 0.772 bits per heavy atom. The molecular weight excluding hydrogens is 973 g/mol. The Kier molecular flexibility index (Phi) is 65.1. The van der Waals surface area contributed by atoms with Gasteiger partial charge in [0.1, 0.15) is 13.2 Å². The molecule has 6 nitrogen and oxygen atoms in total. The van der Waals surface area contributed by atoms with E-state index in [2.05, 4.69) is 81.5 Å². The van der Waals surface area contributed by atoms with Crippen molar-refractivity contribution in [3.05, 3.63) is 60.8 Å². The number of esters is 3. The van der Waals surface area contributed by atoms with Crippen LogP contribution in [0.5, 0.6) is 0 Å². The highest BCUT2D eigenvalue weighted by Crippen LogP contribution is 2.18. The number of allylic oxidation sites excluding steroid dienone is 10. The van der Waals surface area contributed by atoms with E-state index in [1.165, 1.54) is 238 Å². The van der Waals surface area contributed by atoms with E-state index in [4.69, 9.17) is 14.2 Å². The summed E-state index contributed by atoms with van der Waals surface area (Å²) in [4.78, 5) is 38.1. The molecule has 0 heterocycles. The van der Waals surface area contributed by atoms with E-state index in [1.807, 2.05) is 0 Å². The van der Waals surface area contributed by atoms with E-state index in [9.17, 15) is 14.4 Å². The third-order valence-corrected chi connectivity index (χ3v) is 15.5. The second-order valence-corrected chi connectivity index (χ2v) is 23.4. The number of hydrogen-bond donors (Lipinski definition) is 0. The zero-order chi connectivity index (χ0) is 57.1. The van der Waals surface area contributed by atoms with Crippen molar-refractivity contribution >= 4 is 17.9 Å². The fourth-order valence-electron chi connectivity index (χ4n) is 10.4. The van der Waals surface area contributed by atoms with Gasteiger partial charge in [0.15, 0.2) is 6.10 Å². The van der Waals surface area contributed by atoms with Crippen LogP contribution in [0.1, 0.15) is 367 Å². The third-order valence-electron chi connectivity index (χ3n) is 15.5. The van der Waals surface area contributed by atoms with Crippen LogP contribution in [0.25, 0.3) is 0 Å². The van der Waals surface area contributed by atoms with Crippen molar-refractivity contribution in [2.24, 2.45) is 0 Å². The molecule has 0 saturated heterocycles. The molecule has 0 saturated carbocycles. The van der Waals surface area contributed by atoms with Crippen LogP contribution in [0.15, 0.2) is 60.8 Å². The molecule has 79 heavy (non-hydrogen) atoms. The molecule has 0 aliphatic carbocycles. The lowest BCUT2D eigenvalue weighted by molar-refractivity contribution is -0.167. The Morgan fingerprint density at radius 1 is 0.266 bits per heavy atom. The number of hydrogen-bond acceptors (Lipinski definition) is 6. The largest absolute Gasteiger partial charge is 0.462 e. The van der Waals surface area contributed by atoms with Gasteiger partial charge in [-0.05, 0) is 64.2 Å². The minimum Gasteiger partial charge on any atom is -0.462 e. The molecule has 0 amide bonds. The van der Waals surface area contributed by atoms with Gasteiger partial charge in [0.05, 0.1) is 0 Å². The average molecular weight is 1110 g/mol. The van der Waals surface area contributed by atoms with Crippen LogP contribution in [-0.4, -0.2) is 37.2 Å². The van der Waals surface area contributed by atoms with Crippen molar-refractivity contribution in [2.45, 2.75) is 374 Å². The lowest BCUT2D eigenvalue weighted by atomic mass is 10.0. The first-order chi connectivity index (χ1) is 39.0. The summed E-state index contributed by atoms with van der Waals surface area (Å²) >= 11 is 0. The first-order valence-electron chi connectivity index (χ1n) is 34.8. The van der Waals surface area contributed by atoms with Crippen LogP contribution < -0.4 is 0 Å². The molecule has 1 unspecified atom stereocenters. The standard InChI is InChI=1S/C73H132O6/c1-4-7-10-13-16-18-20-22-24-26-28-30-32-33-34-35-36-37-38-39-40-41-42-44-45-47-49-51-53-55-57-60-63-66-72(75)78-69-70(68-77-71(74)65-62-59-15-12-9-6-3)79-73(76)67-64-61-58-56-54-52-50-48-46-43-31-29-27-25-23-21-19-17-14-11-8-5-2/h7,10,16,18,22,24,28,30,33-34,70H,4-6,8-9,11-15,17,19-21,23,25-27,29,31-32,35-69H2,1-3H3/b10-7-,18-16-,24-22-,30-28-,34-33-. The average Bonchev–Trinajstić information content (AvgIpc) is 3.45. The second-order valence-electron chi connectivity index (χ2n) is 23.4. The Hall–Kier alpha value is -2.89. The van der Waals surface area contributed by atoms with Gasteiger partial charge < -0.3 is 14.2 Å². The van der Waals surface area contributed by atoms with Crippen molar-refractivity contribution in [3.63, 3.8) is 0 Å².